The molecule has 0 aliphatic heterocycles. The van der Waals surface area contributed by atoms with Crippen LogP contribution in [-0.4, -0.2) is 22.6 Å². The number of amides is 2. The van der Waals surface area contributed by atoms with Crippen LogP contribution in [0.2, 0.25) is 0 Å². The van der Waals surface area contributed by atoms with Crippen molar-refractivity contribution in [3.8, 4) is 0 Å². The molecule has 7 nitrogen and oxygen atoms in total. The largest absolute Gasteiger partial charge is 0.444 e. The lowest BCUT2D eigenvalue weighted by molar-refractivity contribution is 0.0635. The highest BCUT2D eigenvalue weighted by atomic mass is 127. The number of aromatic nitrogens is 1. The van der Waals surface area contributed by atoms with Gasteiger partial charge in [0.15, 0.2) is 0 Å². The lowest BCUT2D eigenvalue weighted by Crippen LogP contribution is -2.27. The van der Waals surface area contributed by atoms with E-state index in [1.54, 1.807) is 51.1 Å². The number of nitrogens with one attached hydrogen (secondary N) is 2. The Labute approximate surface area is 208 Å². The van der Waals surface area contributed by atoms with E-state index in [0.717, 1.165) is 8.47 Å². The molecule has 2 aromatic carbocycles. The van der Waals surface area contributed by atoms with Gasteiger partial charge in [0.2, 0.25) is 0 Å². The van der Waals surface area contributed by atoms with Crippen LogP contribution in [-0.2, 0) is 4.74 Å². The molecule has 0 unspecified atom stereocenters. The fraction of sp³-hybridized carbons (Fsp3) is 0.174. The van der Waals surface area contributed by atoms with Gasteiger partial charge in [-0.2, -0.15) is 0 Å². The van der Waals surface area contributed by atoms with E-state index in [4.69, 9.17) is 10.5 Å². The second-order valence-corrected chi connectivity index (χ2v) is 10.3. The van der Waals surface area contributed by atoms with Crippen LogP contribution in [0.25, 0.3) is 0 Å². The van der Waals surface area contributed by atoms with Crippen molar-refractivity contribution in [2.45, 2.75) is 36.2 Å². The fourth-order valence-corrected chi connectivity index (χ4v) is 4.26. The molecule has 0 atom stereocenters. The van der Waals surface area contributed by atoms with Crippen LogP contribution in [0.15, 0.2) is 64.6 Å². The Morgan fingerprint density at radius 2 is 1.88 bits per heavy atom. The first kappa shape index (κ1) is 24.8. The Balaban J connectivity index is 1.86. The molecule has 4 N–H and O–H groups in total. The number of rotatable bonds is 6. The smallest absolute Gasteiger partial charge is 0.412 e. The summed E-state index contributed by atoms with van der Waals surface area (Å²) >= 11 is 3.25. The average Bonchev–Trinajstić information content (AvgIpc) is 2.69. The van der Waals surface area contributed by atoms with E-state index in [2.05, 4.69) is 15.6 Å². The molecule has 10 heteroatoms. The summed E-state index contributed by atoms with van der Waals surface area (Å²) in [6.45, 7) is 5.33. The zero-order chi connectivity index (χ0) is 24.2. The molecule has 0 aliphatic rings. The van der Waals surface area contributed by atoms with Crippen LogP contribution < -0.4 is 16.4 Å². The van der Waals surface area contributed by atoms with Crippen molar-refractivity contribution in [2.75, 3.05) is 10.6 Å². The number of halogens is 2. The van der Waals surface area contributed by atoms with Crippen LogP contribution in [0, 0.1) is 9.39 Å². The Bertz CT molecular complexity index is 1200. The highest BCUT2D eigenvalue weighted by molar-refractivity contribution is 14.1. The van der Waals surface area contributed by atoms with Gasteiger partial charge in [0, 0.05) is 25.2 Å². The Hall–Kier alpha value is -2.86. The minimum Gasteiger partial charge on any atom is -0.444 e. The number of hydrogen-bond acceptors (Lipinski definition) is 6. The number of anilines is 3. The highest BCUT2D eigenvalue weighted by Gasteiger charge is 2.18. The molecule has 0 spiro atoms. The van der Waals surface area contributed by atoms with E-state index in [0.29, 0.717) is 10.6 Å². The molecular formula is C23H22FIN4O3S. The standard InChI is InChI=1S/C23H22FIN4O3S/c1-23(2,3)32-22(31)28-14-5-4-6-15(10-14)33-19-12-27-11-18(20(19)21(26)30)29-17-8-7-13(25)9-16(17)24/h4-12,29H,1-3H3,(H2,26,30)(H,28,31). The quantitative estimate of drug-likeness (QED) is 0.302. The maximum Gasteiger partial charge on any atom is 0.412 e. The summed E-state index contributed by atoms with van der Waals surface area (Å²) in [7, 11) is 0. The number of nitrogens with zero attached hydrogens (tertiary/aromatic N) is 1. The van der Waals surface area contributed by atoms with Crippen molar-refractivity contribution in [1.29, 1.82) is 0 Å². The number of carbonyl (C=O) groups excluding carboxylic acids is 2. The van der Waals surface area contributed by atoms with Gasteiger partial charge >= 0.3 is 6.09 Å². The first-order chi connectivity index (χ1) is 15.5. The molecule has 2 amide bonds. The average molecular weight is 580 g/mol. The third-order valence-electron chi connectivity index (χ3n) is 4.07. The molecule has 3 aromatic rings. The van der Waals surface area contributed by atoms with Crippen LogP contribution in [0.1, 0.15) is 31.1 Å². The molecule has 172 valence electrons. The van der Waals surface area contributed by atoms with Crippen molar-refractivity contribution < 1.29 is 18.7 Å². The normalized spacial score (nSPS) is 11.1. The van der Waals surface area contributed by atoms with E-state index in [1.807, 2.05) is 28.7 Å². The van der Waals surface area contributed by atoms with Crippen molar-refractivity contribution in [3.05, 3.63) is 69.8 Å². The predicted octanol–water partition coefficient (Wildman–Crippen LogP) is 6.17. The van der Waals surface area contributed by atoms with Gasteiger partial charge in [-0.1, -0.05) is 17.8 Å². The number of nitrogens with two attached hydrogens (primary N) is 1. The molecule has 1 heterocycles. The van der Waals surface area contributed by atoms with Gasteiger partial charge in [0.25, 0.3) is 5.91 Å². The molecule has 0 radical (unpaired) electrons. The van der Waals surface area contributed by atoms with Gasteiger partial charge in [0.05, 0.1) is 23.1 Å². The molecule has 0 saturated carbocycles. The molecule has 33 heavy (non-hydrogen) atoms. The molecule has 3 rings (SSSR count). The van der Waals surface area contributed by atoms with Gasteiger partial charge in [0.1, 0.15) is 11.4 Å². The summed E-state index contributed by atoms with van der Waals surface area (Å²) in [6, 6.07) is 11.7. The fourth-order valence-electron chi connectivity index (χ4n) is 2.79. The Kier molecular flexibility index (Phi) is 7.80. The first-order valence-corrected chi connectivity index (χ1v) is 11.7. The van der Waals surface area contributed by atoms with Crippen LogP contribution in [0.5, 0.6) is 0 Å². The van der Waals surface area contributed by atoms with Crippen molar-refractivity contribution in [1.82, 2.24) is 4.98 Å². The highest BCUT2D eigenvalue weighted by Crippen LogP contribution is 2.35. The summed E-state index contributed by atoms with van der Waals surface area (Å²) in [6.07, 6.45) is 2.35. The predicted molar refractivity (Wildman–Crippen MR) is 136 cm³/mol. The minimum atomic E-state index is -0.684. The summed E-state index contributed by atoms with van der Waals surface area (Å²) in [5.74, 6) is -1.15. The number of pyridine rings is 1. The lowest BCUT2D eigenvalue weighted by Gasteiger charge is -2.19. The second-order valence-electron chi connectivity index (χ2n) is 7.93. The molecule has 0 aliphatic carbocycles. The third-order valence-corrected chi connectivity index (χ3v) is 5.76. The van der Waals surface area contributed by atoms with Crippen LogP contribution in [0.3, 0.4) is 0 Å². The van der Waals surface area contributed by atoms with Gasteiger partial charge < -0.3 is 15.8 Å². The van der Waals surface area contributed by atoms with Crippen LogP contribution >= 0.6 is 34.4 Å². The Morgan fingerprint density at radius 1 is 1.12 bits per heavy atom. The van der Waals surface area contributed by atoms with E-state index >= 15 is 0 Å². The van der Waals surface area contributed by atoms with Crippen molar-refractivity contribution in [2.24, 2.45) is 5.73 Å². The number of carbonyl (C=O) groups is 2. The third kappa shape index (κ3) is 7.06. The molecule has 0 bridgehead atoms. The van der Waals surface area contributed by atoms with E-state index < -0.39 is 23.4 Å². The van der Waals surface area contributed by atoms with E-state index in [-0.39, 0.29) is 16.9 Å². The minimum absolute atomic E-state index is 0.179. The maximum absolute atomic E-state index is 14.3. The van der Waals surface area contributed by atoms with Gasteiger partial charge in [-0.25, -0.2) is 9.18 Å². The van der Waals surface area contributed by atoms with Gasteiger partial charge in [-0.3, -0.25) is 15.1 Å². The molecule has 0 saturated heterocycles. The molecular weight excluding hydrogens is 558 g/mol. The molecule has 1 aromatic heterocycles. The summed E-state index contributed by atoms with van der Waals surface area (Å²) in [5, 5.41) is 5.59. The first-order valence-electron chi connectivity index (χ1n) is 9.79. The SMILES string of the molecule is CC(C)(C)OC(=O)Nc1cccc(Sc2cncc(Nc3ccc(I)cc3F)c2C(N)=O)c1. The van der Waals surface area contributed by atoms with E-state index in [9.17, 15) is 14.0 Å². The zero-order valence-corrected chi connectivity index (χ0v) is 21.1. The second kappa shape index (κ2) is 10.4. The van der Waals surface area contributed by atoms with Crippen molar-refractivity contribution >= 4 is 63.4 Å². The van der Waals surface area contributed by atoms with Gasteiger partial charge in [-0.15, -0.1) is 0 Å². The Morgan fingerprint density at radius 3 is 2.55 bits per heavy atom. The summed E-state index contributed by atoms with van der Waals surface area (Å²) in [4.78, 5) is 29.7. The number of ether oxygens (including phenoxy) is 1. The number of benzene rings is 2. The lowest BCUT2D eigenvalue weighted by atomic mass is 10.2. The topological polar surface area (TPSA) is 106 Å². The van der Waals surface area contributed by atoms with E-state index in [1.165, 1.54) is 30.2 Å². The zero-order valence-electron chi connectivity index (χ0n) is 18.1. The summed E-state index contributed by atoms with van der Waals surface area (Å²) < 4.78 is 20.3. The van der Waals surface area contributed by atoms with Gasteiger partial charge in [-0.05, 0) is 79.8 Å². The number of hydrogen-bond donors (Lipinski definition) is 3. The maximum atomic E-state index is 14.3. The molecule has 0 fully saturated rings. The number of primary amides is 1. The van der Waals surface area contributed by atoms with Crippen LogP contribution in [0.4, 0.5) is 26.2 Å². The summed E-state index contributed by atoms with van der Waals surface area (Å²) in [5.41, 5.74) is 6.22. The monoisotopic (exact) mass is 580 g/mol. The van der Waals surface area contributed by atoms with Crippen molar-refractivity contribution in [3.63, 3.8) is 0 Å².